The van der Waals surface area contributed by atoms with Crippen LogP contribution in [0.25, 0.3) is 0 Å². The quantitative estimate of drug-likeness (QED) is 0.825. The molecular weight excluding hydrogens is 220 g/mol. The summed E-state index contributed by atoms with van der Waals surface area (Å²) in [5, 5.41) is 7.54. The Balaban J connectivity index is 1.90. The van der Waals surface area contributed by atoms with Gasteiger partial charge in [-0.3, -0.25) is 4.98 Å². The first kappa shape index (κ1) is 11.5. The summed E-state index contributed by atoms with van der Waals surface area (Å²) in [6.07, 6.45) is 2.43. The SMILES string of the molecule is Cc1nnc(COc2ccc(CCN)nc2)o1. The summed E-state index contributed by atoms with van der Waals surface area (Å²) in [6.45, 7) is 2.58. The van der Waals surface area contributed by atoms with Gasteiger partial charge in [0, 0.05) is 19.0 Å². The smallest absolute Gasteiger partial charge is 0.253 e. The molecule has 0 aromatic carbocycles. The molecule has 0 aliphatic carbocycles. The summed E-state index contributed by atoms with van der Waals surface area (Å²) in [5.74, 6) is 1.65. The normalized spacial score (nSPS) is 10.5. The molecule has 2 rings (SSSR count). The molecule has 2 aromatic rings. The standard InChI is InChI=1S/C11H14N4O2/c1-8-14-15-11(17-8)7-16-10-3-2-9(4-5-12)13-6-10/h2-3,6H,4-5,7,12H2,1H3. The van der Waals surface area contributed by atoms with Crippen molar-refractivity contribution in [2.45, 2.75) is 20.0 Å². The highest BCUT2D eigenvalue weighted by atomic mass is 16.5. The molecule has 6 nitrogen and oxygen atoms in total. The summed E-state index contributed by atoms with van der Waals surface area (Å²) >= 11 is 0. The molecule has 2 N–H and O–H groups in total. The first-order valence-corrected chi connectivity index (χ1v) is 5.34. The third-order valence-corrected chi connectivity index (χ3v) is 2.13. The van der Waals surface area contributed by atoms with Crippen LogP contribution in [0.3, 0.4) is 0 Å². The van der Waals surface area contributed by atoms with Crippen molar-refractivity contribution in [2.24, 2.45) is 5.73 Å². The zero-order valence-corrected chi connectivity index (χ0v) is 9.59. The van der Waals surface area contributed by atoms with E-state index in [0.29, 0.717) is 24.1 Å². The van der Waals surface area contributed by atoms with Crippen LogP contribution in [-0.2, 0) is 13.0 Å². The lowest BCUT2D eigenvalue weighted by molar-refractivity contribution is 0.259. The average molecular weight is 234 g/mol. The molecule has 0 spiro atoms. The number of nitrogens with two attached hydrogens (primary N) is 1. The number of nitrogens with zero attached hydrogens (tertiary/aromatic N) is 3. The van der Waals surface area contributed by atoms with Crippen molar-refractivity contribution in [1.29, 1.82) is 0 Å². The van der Waals surface area contributed by atoms with Crippen LogP contribution < -0.4 is 10.5 Å². The number of ether oxygens (including phenoxy) is 1. The maximum atomic E-state index is 5.45. The van der Waals surface area contributed by atoms with E-state index < -0.39 is 0 Å². The summed E-state index contributed by atoms with van der Waals surface area (Å²) < 4.78 is 10.6. The van der Waals surface area contributed by atoms with E-state index in [0.717, 1.165) is 12.1 Å². The van der Waals surface area contributed by atoms with E-state index in [2.05, 4.69) is 15.2 Å². The van der Waals surface area contributed by atoms with E-state index in [1.54, 1.807) is 13.1 Å². The van der Waals surface area contributed by atoms with Crippen LogP contribution in [0.1, 0.15) is 17.5 Å². The van der Waals surface area contributed by atoms with Gasteiger partial charge in [-0.15, -0.1) is 10.2 Å². The Hall–Kier alpha value is -1.95. The van der Waals surface area contributed by atoms with Gasteiger partial charge in [0.1, 0.15) is 5.75 Å². The zero-order chi connectivity index (χ0) is 12.1. The molecule has 0 radical (unpaired) electrons. The van der Waals surface area contributed by atoms with Gasteiger partial charge in [0.2, 0.25) is 5.89 Å². The second-order valence-corrected chi connectivity index (χ2v) is 3.53. The van der Waals surface area contributed by atoms with Gasteiger partial charge in [-0.05, 0) is 18.7 Å². The third-order valence-electron chi connectivity index (χ3n) is 2.13. The highest BCUT2D eigenvalue weighted by molar-refractivity contribution is 5.20. The topological polar surface area (TPSA) is 87.1 Å². The fourth-order valence-corrected chi connectivity index (χ4v) is 1.33. The molecule has 0 fully saturated rings. The predicted octanol–water partition coefficient (Wildman–Crippen LogP) is 0.853. The molecule has 0 amide bonds. The van der Waals surface area contributed by atoms with Crippen LogP contribution in [0.2, 0.25) is 0 Å². The first-order chi connectivity index (χ1) is 8.28. The van der Waals surface area contributed by atoms with Gasteiger partial charge < -0.3 is 14.9 Å². The second-order valence-electron chi connectivity index (χ2n) is 3.53. The minimum absolute atomic E-state index is 0.249. The maximum absolute atomic E-state index is 5.45. The van der Waals surface area contributed by atoms with Gasteiger partial charge in [0.05, 0.1) is 6.20 Å². The molecule has 0 saturated carbocycles. The van der Waals surface area contributed by atoms with Crippen LogP contribution in [0.15, 0.2) is 22.7 Å². The van der Waals surface area contributed by atoms with Gasteiger partial charge in [-0.2, -0.15) is 0 Å². The minimum Gasteiger partial charge on any atom is -0.482 e. The van der Waals surface area contributed by atoms with Crippen molar-refractivity contribution in [3.8, 4) is 5.75 Å². The van der Waals surface area contributed by atoms with Crippen LogP contribution in [0.4, 0.5) is 0 Å². The fraction of sp³-hybridized carbons (Fsp3) is 0.364. The van der Waals surface area contributed by atoms with Crippen molar-refractivity contribution >= 4 is 0 Å². The van der Waals surface area contributed by atoms with E-state index in [4.69, 9.17) is 14.9 Å². The predicted molar refractivity (Wildman–Crippen MR) is 60.4 cm³/mol. The van der Waals surface area contributed by atoms with Gasteiger partial charge in [0.25, 0.3) is 5.89 Å². The van der Waals surface area contributed by atoms with Crippen LogP contribution in [-0.4, -0.2) is 21.7 Å². The zero-order valence-electron chi connectivity index (χ0n) is 9.59. The van der Waals surface area contributed by atoms with Gasteiger partial charge in [0.15, 0.2) is 6.61 Å². The average Bonchev–Trinajstić information content (AvgIpc) is 2.75. The third kappa shape index (κ3) is 3.25. The monoisotopic (exact) mass is 234 g/mol. The van der Waals surface area contributed by atoms with E-state index in [9.17, 15) is 0 Å². The van der Waals surface area contributed by atoms with E-state index in [1.165, 1.54) is 0 Å². The van der Waals surface area contributed by atoms with Crippen molar-refractivity contribution in [2.75, 3.05) is 6.54 Å². The molecule has 6 heteroatoms. The number of pyridine rings is 1. The molecule has 17 heavy (non-hydrogen) atoms. The number of aryl methyl sites for hydroxylation is 1. The maximum Gasteiger partial charge on any atom is 0.253 e. The fourth-order valence-electron chi connectivity index (χ4n) is 1.33. The largest absolute Gasteiger partial charge is 0.482 e. The Bertz CT molecular complexity index is 467. The molecule has 0 unspecified atom stereocenters. The summed E-state index contributed by atoms with van der Waals surface area (Å²) in [6, 6.07) is 3.74. The Morgan fingerprint density at radius 1 is 1.35 bits per heavy atom. The number of hydrogen-bond acceptors (Lipinski definition) is 6. The van der Waals surface area contributed by atoms with E-state index in [-0.39, 0.29) is 6.61 Å². The highest BCUT2D eigenvalue weighted by Crippen LogP contribution is 2.11. The van der Waals surface area contributed by atoms with Crippen molar-refractivity contribution in [3.63, 3.8) is 0 Å². The lowest BCUT2D eigenvalue weighted by Crippen LogP contribution is -2.04. The minimum atomic E-state index is 0.249. The molecule has 0 aliphatic heterocycles. The Labute approximate surface area is 98.8 Å². The Morgan fingerprint density at radius 3 is 2.82 bits per heavy atom. The summed E-state index contributed by atoms with van der Waals surface area (Å²) in [5.41, 5.74) is 6.39. The lowest BCUT2D eigenvalue weighted by Gasteiger charge is -2.03. The van der Waals surface area contributed by atoms with Crippen LogP contribution in [0.5, 0.6) is 5.75 Å². The van der Waals surface area contributed by atoms with Gasteiger partial charge in [-0.1, -0.05) is 0 Å². The molecule has 2 aromatic heterocycles. The Morgan fingerprint density at radius 2 is 2.24 bits per heavy atom. The van der Waals surface area contributed by atoms with Crippen molar-refractivity contribution in [1.82, 2.24) is 15.2 Å². The van der Waals surface area contributed by atoms with Gasteiger partial charge >= 0.3 is 0 Å². The molecule has 90 valence electrons. The molecule has 0 saturated heterocycles. The lowest BCUT2D eigenvalue weighted by atomic mass is 10.3. The molecular formula is C11H14N4O2. The van der Waals surface area contributed by atoms with Crippen LogP contribution in [0, 0.1) is 6.92 Å². The summed E-state index contributed by atoms with van der Waals surface area (Å²) in [4.78, 5) is 4.21. The van der Waals surface area contributed by atoms with E-state index >= 15 is 0 Å². The molecule has 0 bridgehead atoms. The summed E-state index contributed by atoms with van der Waals surface area (Å²) in [7, 11) is 0. The number of aromatic nitrogens is 3. The molecule has 0 atom stereocenters. The first-order valence-electron chi connectivity index (χ1n) is 5.34. The van der Waals surface area contributed by atoms with Crippen molar-refractivity contribution in [3.05, 3.63) is 35.8 Å². The Kier molecular flexibility index (Phi) is 3.66. The second kappa shape index (κ2) is 5.40. The highest BCUT2D eigenvalue weighted by Gasteiger charge is 2.03. The van der Waals surface area contributed by atoms with Crippen LogP contribution >= 0.6 is 0 Å². The molecule has 0 aliphatic rings. The number of hydrogen-bond donors (Lipinski definition) is 1. The molecule has 2 heterocycles. The number of rotatable bonds is 5. The van der Waals surface area contributed by atoms with Crippen molar-refractivity contribution < 1.29 is 9.15 Å². The van der Waals surface area contributed by atoms with E-state index in [1.807, 2.05) is 12.1 Å². The van der Waals surface area contributed by atoms with Gasteiger partial charge in [-0.25, -0.2) is 0 Å².